The van der Waals surface area contributed by atoms with Crippen molar-refractivity contribution in [3.8, 4) is 0 Å². The predicted molar refractivity (Wildman–Crippen MR) is 78.0 cm³/mol. The molecule has 0 unspecified atom stereocenters. The Morgan fingerprint density at radius 3 is 2.84 bits per heavy atom. The minimum atomic E-state index is -0.273. The Balaban J connectivity index is 2.40. The van der Waals surface area contributed by atoms with Gasteiger partial charge in [-0.2, -0.15) is 0 Å². The lowest BCUT2D eigenvalue weighted by Gasteiger charge is -2.36. The highest BCUT2D eigenvalue weighted by Gasteiger charge is 2.23. The van der Waals surface area contributed by atoms with Crippen molar-refractivity contribution in [1.82, 2.24) is 0 Å². The number of anilines is 2. The minimum Gasteiger partial charge on any atom is -0.465 e. The number of methoxy groups -OCH3 is 1. The smallest absolute Gasteiger partial charge is 0.340 e. The number of rotatable bonds is 3. The van der Waals surface area contributed by atoms with Crippen LogP contribution in [0, 0.1) is 0 Å². The normalized spacial score (nSPS) is 19.1. The highest BCUT2D eigenvalue weighted by molar-refractivity contribution is 5.97. The van der Waals surface area contributed by atoms with Gasteiger partial charge in [0.25, 0.3) is 0 Å². The van der Waals surface area contributed by atoms with E-state index in [9.17, 15) is 4.79 Å². The van der Waals surface area contributed by atoms with Gasteiger partial charge in [-0.1, -0.05) is 0 Å². The molecule has 0 aromatic heterocycles. The average Bonchev–Trinajstić information content (AvgIpc) is 2.46. The molecular formula is C15H22N2O2. The van der Waals surface area contributed by atoms with Crippen molar-refractivity contribution < 1.29 is 9.53 Å². The molecular weight excluding hydrogens is 240 g/mol. The van der Waals surface area contributed by atoms with E-state index < -0.39 is 0 Å². The third kappa shape index (κ3) is 2.83. The third-order valence-corrected chi connectivity index (χ3v) is 3.80. The number of hydrogen-bond donors (Lipinski definition) is 1. The van der Waals surface area contributed by atoms with E-state index in [2.05, 4.69) is 17.1 Å². The molecule has 0 radical (unpaired) electrons. The molecule has 2 rings (SSSR count). The average molecular weight is 262 g/mol. The fourth-order valence-electron chi connectivity index (χ4n) is 2.67. The quantitative estimate of drug-likeness (QED) is 0.850. The first kappa shape index (κ1) is 13.7. The van der Waals surface area contributed by atoms with E-state index in [1.54, 1.807) is 0 Å². The molecule has 0 spiro atoms. The number of piperidine rings is 1. The Bertz CT molecular complexity index is 459. The van der Waals surface area contributed by atoms with Crippen LogP contribution in [0.5, 0.6) is 0 Å². The Morgan fingerprint density at radius 1 is 1.42 bits per heavy atom. The van der Waals surface area contributed by atoms with Crippen LogP contribution in [0.1, 0.15) is 36.5 Å². The first-order valence-corrected chi connectivity index (χ1v) is 6.84. The summed E-state index contributed by atoms with van der Waals surface area (Å²) in [6.45, 7) is 3.22. The van der Waals surface area contributed by atoms with Gasteiger partial charge < -0.3 is 15.0 Å². The molecule has 1 atom stereocenters. The molecule has 1 saturated heterocycles. The maximum absolute atomic E-state index is 12.0. The first-order chi connectivity index (χ1) is 9.17. The molecule has 1 aliphatic heterocycles. The zero-order valence-corrected chi connectivity index (χ0v) is 11.9. The van der Waals surface area contributed by atoms with Crippen LogP contribution in [0.3, 0.4) is 0 Å². The van der Waals surface area contributed by atoms with Gasteiger partial charge in [-0.05, 0) is 44.4 Å². The van der Waals surface area contributed by atoms with Crippen LogP contribution in [0.4, 0.5) is 11.4 Å². The van der Waals surface area contributed by atoms with Crippen LogP contribution in [-0.4, -0.2) is 32.7 Å². The van der Waals surface area contributed by atoms with E-state index in [-0.39, 0.29) is 5.97 Å². The summed E-state index contributed by atoms with van der Waals surface area (Å²) in [5, 5.41) is 3.06. The van der Waals surface area contributed by atoms with Gasteiger partial charge in [0.15, 0.2) is 0 Å². The molecule has 19 heavy (non-hydrogen) atoms. The Hall–Kier alpha value is -1.71. The van der Waals surface area contributed by atoms with E-state index in [1.165, 1.54) is 26.4 Å². The summed E-state index contributed by atoms with van der Waals surface area (Å²) in [5.74, 6) is -0.273. The molecule has 1 N–H and O–H groups in total. The zero-order chi connectivity index (χ0) is 13.8. The second-order valence-corrected chi connectivity index (χ2v) is 5.01. The Kier molecular flexibility index (Phi) is 4.30. The number of hydrogen-bond acceptors (Lipinski definition) is 4. The molecule has 4 heteroatoms. The molecule has 1 aliphatic rings. The molecule has 104 valence electrons. The van der Waals surface area contributed by atoms with E-state index in [1.807, 2.05) is 25.2 Å². The summed E-state index contributed by atoms with van der Waals surface area (Å²) in [6.07, 6.45) is 3.62. The second kappa shape index (κ2) is 5.95. The van der Waals surface area contributed by atoms with Gasteiger partial charge >= 0.3 is 5.97 Å². The molecule has 0 aliphatic carbocycles. The van der Waals surface area contributed by atoms with Gasteiger partial charge in [-0.15, -0.1) is 0 Å². The van der Waals surface area contributed by atoms with Crippen molar-refractivity contribution in [3.63, 3.8) is 0 Å². The van der Waals surface area contributed by atoms with Gasteiger partial charge in [-0.3, -0.25) is 0 Å². The van der Waals surface area contributed by atoms with Gasteiger partial charge in [0.2, 0.25) is 0 Å². The highest BCUT2D eigenvalue weighted by Crippen LogP contribution is 2.30. The minimum absolute atomic E-state index is 0.273. The van der Waals surface area contributed by atoms with E-state index in [0.717, 1.165) is 17.9 Å². The summed E-state index contributed by atoms with van der Waals surface area (Å²) in [4.78, 5) is 14.3. The van der Waals surface area contributed by atoms with Crippen molar-refractivity contribution in [2.24, 2.45) is 0 Å². The van der Waals surface area contributed by atoms with Crippen LogP contribution >= 0.6 is 0 Å². The summed E-state index contributed by atoms with van der Waals surface area (Å²) >= 11 is 0. The third-order valence-electron chi connectivity index (χ3n) is 3.80. The molecule has 4 nitrogen and oxygen atoms in total. The van der Waals surface area contributed by atoms with Crippen LogP contribution in [-0.2, 0) is 4.74 Å². The Morgan fingerprint density at radius 2 is 2.21 bits per heavy atom. The maximum Gasteiger partial charge on any atom is 0.340 e. The lowest BCUT2D eigenvalue weighted by atomic mass is 10.0. The fourth-order valence-corrected chi connectivity index (χ4v) is 2.67. The van der Waals surface area contributed by atoms with E-state index in [0.29, 0.717) is 11.6 Å². The van der Waals surface area contributed by atoms with Crippen LogP contribution in [0.15, 0.2) is 18.2 Å². The fraction of sp³-hybridized carbons (Fsp3) is 0.533. The first-order valence-electron chi connectivity index (χ1n) is 6.84. The molecule has 1 fully saturated rings. The molecule has 0 saturated carbocycles. The molecule has 1 aromatic carbocycles. The van der Waals surface area contributed by atoms with E-state index >= 15 is 0 Å². The summed E-state index contributed by atoms with van der Waals surface area (Å²) < 4.78 is 4.91. The Labute approximate surface area is 114 Å². The van der Waals surface area contributed by atoms with Crippen molar-refractivity contribution in [2.45, 2.75) is 32.2 Å². The van der Waals surface area contributed by atoms with Crippen LogP contribution < -0.4 is 10.2 Å². The van der Waals surface area contributed by atoms with Crippen molar-refractivity contribution in [3.05, 3.63) is 23.8 Å². The molecule has 1 aromatic rings. The number of esters is 1. The lowest BCUT2D eigenvalue weighted by Crippen LogP contribution is -2.38. The van der Waals surface area contributed by atoms with Crippen molar-refractivity contribution >= 4 is 17.3 Å². The summed E-state index contributed by atoms with van der Waals surface area (Å²) in [7, 11) is 3.28. The maximum atomic E-state index is 12.0. The summed E-state index contributed by atoms with van der Waals surface area (Å²) in [5.41, 5.74) is 2.55. The van der Waals surface area contributed by atoms with Crippen molar-refractivity contribution in [1.29, 1.82) is 0 Å². The predicted octanol–water partition coefficient (Wildman–Crippen LogP) is 2.89. The number of carbonyl (C=O) groups is 1. The van der Waals surface area contributed by atoms with Crippen LogP contribution in [0.25, 0.3) is 0 Å². The molecule has 0 amide bonds. The zero-order valence-electron chi connectivity index (χ0n) is 11.9. The van der Waals surface area contributed by atoms with Gasteiger partial charge in [0.1, 0.15) is 0 Å². The topological polar surface area (TPSA) is 41.6 Å². The number of nitrogens with one attached hydrogen (secondary N) is 1. The number of nitrogens with zero attached hydrogens (tertiary/aromatic N) is 1. The van der Waals surface area contributed by atoms with Gasteiger partial charge in [0, 0.05) is 25.3 Å². The van der Waals surface area contributed by atoms with Gasteiger partial charge in [-0.25, -0.2) is 4.79 Å². The van der Waals surface area contributed by atoms with Crippen LogP contribution in [0.2, 0.25) is 0 Å². The van der Waals surface area contributed by atoms with E-state index in [4.69, 9.17) is 4.74 Å². The molecule has 0 bridgehead atoms. The highest BCUT2D eigenvalue weighted by atomic mass is 16.5. The lowest BCUT2D eigenvalue weighted by molar-refractivity contribution is 0.0601. The largest absolute Gasteiger partial charge is 0.465 e. The van der Waals surface area contributed by atoms with Crippen molar-refractivity contribution in [2.75, 3.05) is 30.9 Å². The monoisotopic (exact) mass is 262 g/mol. The number of benzene rings is 1. The molecule has 1 heterocycles. The second-order valence-electron chi connectivity index (χ2n) is 5.01. The SMILES string of the molecule is CNc1ccc(N2CCCC[C@H]2C)c(C(=O)OC)c1. The van der Waals surface area contributed by atoms with Gasteiger partial charge in [0.05, 0.1) is 18.4 Å². The number of carbonyl (C=O) groups excluding carboxylic acids is 1. The standard InChI is InChI=1S/C15H22N2O2/c1-11-6-4-5-9-17(11)14-8-7-12(16-2)10-13(14)15(18)19-3/h7-8,10-11,16H,4-6,9H2,1-3H3/t11-/m1/s1. The number of ether oxygens (including phenoxy) is 1. The summed E-state index contributed by atoms with van der Waals surface area (Å²) in [6, 6.07) is 6.35.